The van der Waals surface area contributed by atoms with Crippen LogP contribution in [0.1, 0.15) is 42.4 Å². The number of carbonyl (C=O) groups excluding carboxylic acids is 1. The van der Waals surface area contributed by atoms with Gasteiger partial charge in [-0.05, 0) is 73.2 Å². The van der Waals surface area contributed by atoms with E-state index in [-0.39, 0.29) is 18.6 Å². The Balaban J connectivity index is 1.42. The molecule has 1 fully saturated rings. The van der Waals surface area contributed by atoms with E-state index in [9.17, 15) is 4.79 Å². The van der Waals surface area contributed by atoms with Crippen LogP contribution in [0.3, 0.4) is 0 Å². The van der Waals surface area contributed by atoms with Crippen LogP contribution < -0.4 is 14.8 Å². The Morgan fingerprint density at radius 3 is 2.07 bits per heavy atom. The van der Waals surface area contributed by atoms with E-state index in [1.165, 1.54) is 0 Å². The molecule has 0 aromatic heterocycles. The van der Waals surface area contributed by atoms with E-state index in [1.54, 1.807) is 14.2 Å². The van der Waals surface area contributed by atoms with Gasteiger partial charge in [-0.1, -0.05) is 54.6 Å². The van der Waals surface area contributed by atoms with Gasteiger partial charge in [-0.2, -0.15) is 0 Å². The number of hydrogen-bond donors (Lipinski definition) is 2. The summed E-state index contributed by atoms with van der Waals surface area (Å²) >= 11 is 0. The van der Waals surface area contributed by atoms with Crippen molar-refractivity contribution in [3.05, 3.63) is 95.6 Å². The first kappa shape index (κ1) is 31.5. The number of aliphatic hydroxyl groups is 1. The third kappa shape index (κ3) is 7.89. The Morgan fingerprint density at radius 1 is 0.857 bits per heavy atom. The van der Waals surface area contributed by atoms with Gasteiger partial charge in [0.15, 0.2) is 0 Å². The summed E-state index contributed by atoms with van der Waals surface area (Å²) in [5.41, 5.74) is 2.18. The molecule has 1 atom stereocenters. The topological polar surface area (TPSA) is 89.5 Å². The van der Waals surface area contributed by atoms with Gasteiger partial charge in [0.1, 0.15) is 17.1 Å². The quantitative estimate of drug-likeness (QED) is 0.182. The molecule has 0 bridgehead atoms. The predicted molar refractivity (Wildman–Crippen MR) is 163 cm³/mol. The number of amides is 1. The number of methoxy groups -OCH3 is 2. The molecule has 2 N–H and O–H groups in total. The number of rotatable bonds is 17. The maximum Gasteiger partial charge on any atom is 0.237 e. The zero-order valence-corrected chi connectivity index (χ0v) is 24.8. The van der Waals surface area contributed by atoms with Crippen molar-refractivity contribution >= 4 is 5.91 Å². The molecule has 1 aliphatic rings. The molecule has 4 rings (SSSR count). The van der Waals surface area contributed by atoms with E-state index >= 15 is 0 Å². The molecule has 1 heterocycles. The number of aliphatic hydroxyl groups excluding tert-OH is 1. The third-order valence-corrected chi connectivity index (χ3v) is 7.79. The molecule has 226 valence electrons. The largest absolute Gasteiger partial charge is 0.497 e. The van der Waals surface area contributed by atoms with Gasteiger partial charge in [-0.15, -0.1) is 0 Å². The molecule has 0 spiro atoms. The molecular formula is C34H44N2O6. The lowest BCUT2D eigenvalue weighted by molar-refractivity contribution is -0.125. The molecule has 3 aromatic carbocycles. The number of likely N-dealkylation sites (tertiary alicyclic amines) is 1. The Bertz CT molecular complexity index is 1160. The van der Waals surface area contributed by atoms with Crippen molar-refractivity contribution in [3.63, 3.8) is 0 Å². The fraction of sp³-hybridized carbons (Fsp3) is 0.441. The minimum absolute atomic E-state index is 0.0142. The molecule has 8 heteroatoms. The lowest BCUT2D eigenvalue weighted by Crippen LogP contribution is -2.44. The fourth-order valence-corrected chi connectivity index (χ4v) is 5.60. The van der Waals surface area contributed by atoms with Gasteiger partial charge in [0.05, 0.1) is 40.1 Å². The van der Waals surface area contributed by atoms with Crippen molar-refractivity contribution in [2.75, 3.05) is 60.3 Å². The van der Waals surface area contributed by atoms with E-state index in [0.717, 1.165) is 60.4 Å². The molecule has 1 saturated heterocycles. The molecule has 0 unspecified atom stereocenters. The monoisotopic (exact) mass is 576 g/mol. The van der Waals surface area contributed by atoms with Crippen LogP contribution in [0.25, 0.3) is 0 Å². The van der Waals surface area contributed by atoms with Crippen LogP contribution in [-0.4, -0.2) is 82.2 Å². The average Bonchev–Trinajstić information content (AvgIpc) is 3.52. The maximum absolute atomic E-state index is 12.9. The van der Waals surface area contributed by atoms with Crippen molar-refractivity contribution in [1.82, 2.24) is 10.2 Å². The Kier molecular flexibility index (Phi) is 12.2. The van der Waals surface area contributed by atoms with Gasteiger partial charge in [0.25, 0.3) is 0 Å². The zero-order valence-electron chi connectivity index (χ0n) is 24.8. The zero-order chi connectivity index (χ0) is 29.6. The first-order valence-corrected chi connectivity index (χ1v) is 14.8. The van der Waals surface area contributed by atoms with Crippen molar-refractivity contribution in [2.45, 2.75) is 37.3 Å². The fourth-order valence-electron chi connectivity index (χ4n) is 5.60. The third-order valence-electron chi connectivity index (χ3n) is 7.79. The molecule has 1 amide bonds. The van der Waals surface area contributed by atoms with Crippen LogP contribution in [0.5, 0.6) is 11.5 Å². The number of hydrogen-bond acceptors (Lipinski definition) is 7. The number of nitrogens with zero attached hydrogens (tertiary/aromatic N) is 1. The normalized spacial score (nSPS) is 15.5. The predicted octanol–water partition coefficient (Wildman–Crippen LogP) is 4.38. The van der Waals surface area contributed by atoms with Crippen LogP contribution >= 0.6 is 0 Å². The van der Waals surface area contributed by atoms with E-state index in [0.29, 0.717) is 32.9 Å². The highest BCUT2D eigenvalue weighted by Gasteiger charge is 2.37. The van der Waals surface area contributed by atoms with E-state index in [2.05, 4.69) is 46.6 Å². The first-order valence-electron chi connectivity index (χ1n) is 14.8. The molecule has 0 radical (unpaired) electrons. The van der Waals surface area contributed by atoms with Gasteiger partial charge in [-0.3, -0.25) is 9.69 Å². The summed E-state index contributed by atoms with van der Waals surface area (Å²) in [6, 6.07) is 26.2. The molecule has 8 nitrogen and oxygen atoms in total. The van der Waals surface area contributed by atoms with E-state index in [4.69, 9.17) is 24.1 Å². The smallest absolute Gasteiger partial charge is 0.237 e. The van der Waals surface area contributed by atoms with Crippen LogP contribution in [0.2, 0.25) is 0 Å². The SMILES string of the molecule is COc1ccc(C(OCCCCNC(=O)[C@@H]2CCCN2CCOCCO)(c2ccccc2)c2ccc(OC)cc2)cc1. The van der Waals surface area contributed by atoms with Crippen molar-refractivity contribution in [3.8, 4) is 11.5 Å². The first-order chi connectivity index (χ1) is 20.6. The highest BCUT2D eigenvalue weighted by Crippen LogP contribution is 2.41. The second kappa shape index (κ2) is 16.3. The lowest BCUT2D eigenvalue weighted by Gasteiger charge is -2.36. The summed E-state index contributed by atoms with van der Waals surface area (Å²) in [5, 5.41) is 12.0. The van der Waals surface area contributed by atoms with Crippen LogP contribution in [0.15, 0.2) is 78.9 Å². The summed E-state index contributed by atoms with van der Waals surface area (Å²) in [7, 11) is 3.33. The average molecular weight is 577 g/mol. The number of carbonyl (C=O) groups is 1. The van der Waals surface area contributed by atoms with Gasteiger partial charge in [0, 0.05) is 19.7 Å². The number of unbranched alkanes of at least 4 members (excludes halogenated alkanes) is 1. The minimum Gasteiger partial charge on any atom is -0.497 e. The molecule has 1 aliphatic heterocycles. The lowest BCUT2D eigenvalue weighted by atomic mass is 9.80. The molecular weight excluding hydrogens is 532 g/mol. The second-order valence-electron chi connectivity index (χ2n) is 10.4. The Morgan fingerprint density at radius 2 is 1.48 bits per heavy atom. The molecule has 0 saturated carbocycles. The number of benzene rings is 3. The summed E-state index contributed by atoms with van der Waals surface area (Å²) < 4.78 is 23.1. The van der Waals surface area contributed by atoms with Crippen LogP contribution in [0.4, 0.5) is 0 Å². The molecule has 0 aliphatic carbocycles. The van der Waals surface area contributed by atoms with Crippen molar-refractivity contribution in [2.24, 2.45) is 0 Å². The maximum atomic E-state index is 12.9. The van der Waals surface area contributed by atoms with E-state index in [1.807, 2.05) is 42.5 Å². The van der Waals surface area contributed by atoms with Gasteiger partial charge < -0.3 is 29.4 Å². The summed E-state index contributed by atoms with van der Waals surface area (Å²) in [6.45, 7) is 3.55. The van der Waals surface area contributed by atoms with Gasteiger partial charge in [0.2, 0.25) is 5.91 Å². The van der Waals surface area contributed by atoms with Crippen LogP contribution in [0, 0.1) is 0 Å². The second-order valence-corrected chi connectivity index (χ2v) is 10.4. The number of ether oxygens (including phenoxy) is 4. The minimum atomic E-state index is -0.842. The highest BCUT2D eigenvalue weighted by atomic mass is 16.5. The summed E-state index contributed by atoms with van der Waals surface area (Å²) in [5.74, 6) is 1.64. The van der Waals surface area contributed by atoms with Crippen molar-refractivity contribution < 1.29 is 28.8 Å². The Labute approximate surface area is 249 Å². The van der Waals surface area contributed by atoms with Crippen LogP contribution in [-0.2, 0) is 19.9 Å². The van der Waals surface area contributed by atoms with Gasteiger partial charge >= 0.3 is 0 Å². The van der Waals surface area contributed by atoms with Crippen molar-refractivity contribution in [1.29, 1.82) is 0 Å². The Hall–Kier alpha value is -3.43. The van der Waals surface area contributed by atoms with E-state index < -0.39 is 5.60 Å². The number of nitrogens with one attached hydrogen (secondary N) is 1. The standard InChI is InChI=1S/C34H44N2O6/c1-39-30-16-12-28(13-17-30)34(27-9-4-3-5-10-27,29-14-18-31(40-2)19-15-29)42-24-7-6-20-35-33(38)32-11-8-21-36(32)22-25-41-26-23-37/h3-5,9-10,12-19,32,37H,6-8,11,20-26H2,1-2H3,(H,35,38)/t32-/m0/s1. The highest BCUT2D eigenvalue weighted by molar-refractivity contribution is 5.82. The summed E-state index contributed by atoms with van der Waals surface area (Å²) in [6.07, 6.45) is 3.45. The van der Waals surface area contributed by atoms with Gasteiger partial charge in [-0.25, -0.2) is 0 Å². The summed E-state index contributed by atoms with van der Waals surface area (Å²) in [4.78, 5) is 15.1. The molecule has 42 heavy (non-hydrogen) atoms. The molecule has 3 aromatic rings.